The van der Waals surface area contributed by atoms with Crippen molar-refractivity contribution in [2.75, 3.05) is 4.90 Å². The molecule has 2 aromatic carbocycles. The molecule has 2 aliphatic carbocycles. The summed E-state index contributed by atoms with van der Waals surface area (Å²) >= 11 is 3.20. The standard InChI is InChI=1S/C28H23NO4S2/c1-13(30)14-7-9-16(10-8-14)29-27(32)23-17-11-18(24(23)28(29)33)25-22(17)21(15-5-3-2-4-6-15)26-19(34-25)12-20(31)35-26/h2-10,17-18,21-25H,11-12H2,1H3/t17-,18-,21-,22-,23+,24-,25-/m1/s1. The molecular formula is C28H23NO4S2. The van der Waals surface area contributed by atoms with Gasteiger partial charge in [-0.3, -0.25) is 24.1 Å². The summed E-state index contributed by atoms with van der Waals surface area (Å²) in [5, 5.41) is 0.441. The van der Waals surface area contributed by atoms with Gasteiger partial charge < -0.3 is 0 Å². The highest BCUT2D eigenvalue weighted by molar-refractivity contribution is 8.18. The molecule has 0 unspecified atom stereocenters. The fourth-order valence-electron chi connectivity index (χ4n) is 7.33. The van der Waals surface area contributed by atoms with E-state index in [4.69, 9.17) is 0 Å². The number of hydrogen-bond donors (Lipinski definition) is 0. The summed E-state index contributed by atoms with van der Waals surface area (Å²) in [6, 6.07) is 17.2. The van der Waals surface area contributed by atoms with E-state index in [-0.39, 0.29) is 63.5 Å². The molecule has 2 aromatic rings. The quantitative estimate of drug-likeness (QED) is 0.434. The Bertz CT molecular complexity index is 1330. The summed E-state index contributed by atoms with van der Waals surface area (Å²) in [4.78, 5) is 55.3. The molecule has 35 heavy (non-hydrogen) atoms. The topological polar surface area (TPSA) is 71.5 Å². The molecule has 5 aliphatic rings. The van der Waals surface area contributed by atoms with E-state index >= 15 is 0 Å². The molecule has 3 aliphatic heterocycles. The van der Waals surface area contributed by atoms with Crippen LogP contribution in [0.15, 0.2) is 64.4 Å². The summed E-state index contributed by atoms with van der Waals surface area (Å²) < 4.78 is 0. The predicted molar refractivity (Wildman–Crippen MR) is 136 cm³/mol. The number of ketones is 1. The van der Waals surface area contributed by atoms with Crippen molar-refractivity contribution in [3.05, 3.63) is 75.5 Å². The number of carbonyl (C=O) groups excluding carboxylic acids is 4. The van der Waals surface area contributed by atoms with Gasteiger partial charge in [0.15, 0.2) is 10.9 Å². The van der Waals surface area contributed by atoms with Gasteiger partial charge in [-0.05, 0) is 60.9 Å². The number of fused-ring (bicyclic) bond motifs is 8. The molecule has 2 bridgehead atoms. The lowest BCUT2D eigenvalue weighted by Crippen LogP contribution is -2.42. The van der Waals surface area contributed by atoms with Crippen LogP contribution in [-0.4, -0.2) is 28.0 Å². The van der Waals surface area contributed by atoms with Crippen LogP contribution in [0.4, 0.5) is 5.69 Å². The maximum atomic E-state index is 13.8. The Morgan fingerprint density at radius 1 is 0.914 bits per heavy atom. The lowest BCUT2D eigenvalue weighted by atomic mass is 9.68. The lowest BCUT2D eigenvalue weighted by molar-refractivity contribution is -0.123. The monoisotopic (exact) mass is 501 g/mol. The predicted octanol–water partition coefficient (Wildman–Crippen LogP) is 5.04. The van der Waals surface area contributed by atoms with Gasteiger partial charge in [0.2, 0.25) is 11.8 Å². The van der Waals surface area contributed by atoms with Gasteiger partial charge in [-0.25, -0.2) is 0 Å². The van der Waals surface area contributed by atoms with Crippen LogP contribution >= 0.6 is 23.5 Å². The Balaban J connectivity index is 1.27. The highest BCUT2D eigenvalue weighted by Crippen LogP contribution is 2.70. The molecule has 3 heterocycles. The van der Waals surface area contributed by atoms with Gasteiger partial charge >= 0.3 is 0 Å². The zero-order chi connectivity index (χ0) is 24.0. The second kappa shape index (κ2) is 7.68. The van der Waals surface area contributed by atoms with Crippen LogP contribution in [0, 0.1) is 29.6 Å². The van der Waals surface area contributed by atoms with Crippen molar-refractivity contribution in [2.45, 2.75) is 30.9 Å². The zero-order valence-electron chi connectivity index (χ0n) is 19.0. The van der Waals surface area contributed by atoms with Crippen LogP contribution in [0.25, 0.3) is 0 Å². The minimum atomic E-state index is -0.308. The Morgan fingerprint density at radius 3 is 2.29 bits per heavy atom. The second-order valence-electron chi connectivity index (χ2n) is 10.2. The molecule has 176 valence electrons. The molecule has 0 spiro atoms. The van der Waals surface area contributed by atoms with Gasteiger partial charge in [-0.2, -0.15) is 0 Å². The van der Waals surface area contributed by atoms with Crippen molar-refractivity contribution in [1.82, 2.24) is 0 Å². The number of hydrogen-bond acceptors (Lipinski definition) is 6. The van der Waals surface area contributed by atoms with Crippen molar-refractivity contribution in [3.63, 3.8) is 0 Å². The number of amides is 2. The summed E-state index contributed by atoms with van der Waals surface area (Å²) in [6.07, 6.45) is 1.37. The van der Waals surface area contributed by atoms with E-state index < -0.39 is 0 Å². The van der Waals surface area contributed by atoms with Gasteiger partial charge in [-0.1, -0.05) is 42.1 Å². The Kier molecular flexibility index (Phi) is 4.74. The first-order valence-electron chi connectivity index (χ1n) is 12.1. The van der Waals surface area contributed by atoms with Gasteiger partial charge in [0.25, 0.3) is 0 Å². The number of carbonyl (C=O) groups is 4. The maximum absolute atomic E-state index is 13.8. The van der Waals surface area contributed by atoms with Crippen molar-refractivity contribution in [3.8, 4) is 0 Å². The van der Waals surface area contributed by atoms with E-state index in [2.05, 4.69) is 12.1 Å². The summed E-state index contributed by atoms with van der Waals surface area (Å²) in [5.41, 5.74) is 2.32. The van der Waals surface area contributed by atoms with Crippen molar-refractivity contribution in [2.24, 2.45) is 29.6 Å². The minimum Gasteiger partial charge on any atom is -0.295 e. The van der Waals surface area contributed by atoms with Crippen molar-refractivity contribution in [1.29, 1.82) is 0 Å². The van der Waals surface area contributed by atoms with Crippen molar-refractivity contribution < 1.29 is 19.2 Å². The van der Waals surface area contributed by atoms with Gasteiger partial charge in [0, 0.05) is 33.0 Å². The van der Waals surface area contributed by atoms with E-state index in [1.807, 2.05) is 30.0 Å². The summed E-state index contributed by atoms with van der Waals surface area (Å²) in [7, 11) is 0. The molecule has 2 saturated carbocycles. The lowest BCUT2D eigenvalue weighted by Gasteiger charge is -2.44. The number of imide groups is 1. The number of benzene rings is 2. The van der Waals surface area contributed by atoms with E-state index in [0.717, 1.165) is 6.42 Å². The molecule has 1 saturated heterocycles. The zero-order valence-corrected chi connectivity index (χ0v) is 20.7. The van der Waals surface area contributed by atoms with E-state index in [1.165, 1.54) is 39.0 Å². The number of allylic oxidation sites excluding steroid dienone is 2. The van der Waals surface area contributed by atoms with Crippen LogP contribution < -0.4 is 4.90 Å². The highest BCUT2D eigenvalue weighted by atomic mass is 32.2. The molecule has 7 heteroatoms. The maximum Gasteiger partial charge on any atom is 0.238 e. The number of rotatable bonds is 3. The summed E-state index contributed by atoms with van der Waals surface area (Å²) in [5.74, 6) is -0.248. The molecule has 7 atom stereocenters. The number of thioether (sulfide) groups is 2. The first-order valence-corrected chi connectivity index (χ1v) is 13.8. The Hall–Kier alpha value is -2.64. The average Bonchev–Trinajstić information content (AvgIpc) is 3.58. The summed E-state index contributed by atoms with van der Waals surface area (Å²) in [6.45, 7) is 1.50. The number of nitrogens with zero attached hydrogens (tertiary/aromatic N) is 1. The Labute approximate surface area is 211 Å². The third-order valence-corrected chi connectivity index (χ3v) is 11.4. The van der Waals surface area contributed by atoms with E-state index in [1.54, 1.807) is 24.3 Å². The Morgan fingerprint density at radius 2 is 1.60 bits per heavy atom. The van der Waals surface area contributed by atoms with Crippen molar-refractivity contribution >= 4 is 51.9 Å². The van der Waals surface area contributed by atoms with Crippen LogP contribution in [0.2, 0.25) is 0 Å². The molecule has 0 radical (unpaired) electrons. The molecule has 2 amide bonds. The second-order valence-corrected chi connectivity index (χ2v) is 12.6. The molecule has 7 rings (SSSR count). The minimum absolute atomic E-state index is 0.0458. The smallest absolute Gasteiger partial charge is 0.238 e. The van der Waals surface area contributed by atoms with Gasteiger partial charge in [0.1, 0.15) is 0 Å². The fraction of sp³-hybridized carbons (Fsp3) is 0.357. The fourth-order valence-corrected chi connectivity index (χ4v) is 10.5. The third-order valence-electron chi connectivity index (χ3n) is 8.60. The van der Waals surface area contributed by atoms with Crippen LogP contribution in [-0.2, 0) is 14.4 Å². The first-order chi connectivity index (χ1) is 16.9. The molecule has 3 fully saturated rings. The number of anilines is 1. The highest BCUT2D eigenvalue weighted by Gasteiger charge is 2.69. The SMILES string of the molecule is CC(=O)c1ccc(N2C(=O)[C@@H]3[C@H]4C[C@@H]([C@@H]3C2=O)[C@H]2[C@@H]4SC3=C(SC(=O)C3)[C@@H]2c2ccccc2)cc1. The largest absolute Gasteiger partial charge is 0.295 e. The normalized spacial score (nSPS) is 34.9. The van der Waals surface area contributed by atoms with E-state index in [0.29, 0.717) is 17.7 Å². The average molecular weight is 502 g/mol. The van der Waals surface area contributed by atoms with Crippen LogP contribution in [0.3, 0.4) is 0 Å². The third kappa shape index (κ3) is 2.97. The van der Waals surface area contributed by atoms with Crippen LogP contribution in [0.5, 0.6) is 0 Å². The van der Waals surface area contributed by atoms with Gasteiger partial charge in [-0.15, -0.1) is 11.8 Å². The first kappa shape index (κ1) is 21.6. The number of Topliss-reactive ketones (excluding diaryl/α,β-unsaturated/α-hetero) is 1. The molecular weight excluding hydrogens is 478 g/mol. The molecule has 5 nitrogen and oxygen atoms in total. The van der Waals surface area contributed by atoms with E-state index in [9.17, 15) is 19.2 Å². The van der Waals surface area contributed by atoms with Crippen LogP contribution in [0.1, 0.15) is 41.6 Å². The molecule has 0 aromatic heterocycles. The molecule has 0 N–H and O–H groups in total. The van der Waals surface area contributed by atoms with Gasteiger partial charge in [0.05, 0.1) is 17.5 Å².